The van der Waals surface area contributed by atoms with Crippen LogP contribution in [0.5, 0.6) is 0 Å². The second kappa shape index (κ2) is 9.27. The maximum absolute atomic E-state index is 4.22. The molecule has 2 aliphatic carbocycles. The van der Waals surface area contributed by atoms with Crippen LogP contribution in [-0.4, -0.2) is 31.1 Å². The summed E-state index contributed by atoms with van der Waals surface area (Å²) in [6.07, 6.45) is 20.6. The van der Waals surface area contributed by atoms with Crippen LogP contribution < -0.4 is 0 Å². The van der Waals surface area contributed by atoms with Crippen LogP contribution in [-0.2, 0) is 6.54 Å². The van der Waals surface area contributed by atoms with E-state index in [0.29, 0.717) is 0 Å². The molecular weight excluding hydrogens is 308 g/mol. The molecule has 4 heteroatoms. The summed E-state index contributed by atoms with van der Waals surface area (Å²) in [6.45, 7) is 1.14. The van der Waals surface area contributed by atoms with Crippen molar-refractivity contribution in [2.45, 2.75) is 86.5 Å². The SMILES string of the molecule is c1cn(CC(CSC2CCCCC2)SC2CCCCC2)cn1. The summed E-state index contributed by atoms with van der Waals surface area (Å²) in [6, 6.07) is 0. The molecule has 124 valence electrons. The Bertz CT molecular complexity index is 395. The first-order valence-electron chi connectivity index (χ1n) is 9.13. The van der Waals surface area contributed by atoms with E-state index in [4.69, 9.17) is 0 Å². The van der Waals surface area contributed by atoms with E-state index in [1.165, 1.54) is 70.0 Å². The Kier molecular flexibility index (Phi) is 7.06. The van der Waals surface area contributed by atoms with Crippen LogP contribution in [0, 0.1) is 0 Å². The molecule has 2 fully saturated rings. The van der Waals surface area contributed by atoms with Crippen molar-refractivity contribution in [2.24, 2.45) is 0 Å². The lowest BCUT2D eigenvalue weighted by Crippen LogP contribution is -2.22. The van der Waals surface area contributed by atoms with Crippen LogP contribution in [0.25, 0.3) is 0 Å². The minimum Gasteiger partial charge on any atom is -0.336 e. The van der Waals surface area contributed by atoms with Gasteiger partial charge in [0, 0.05) is 40.4 Å². The van der Waals surface area contributed by atoms with Crippen molar-refractivity contribution in [3.8, 4) is 0 Å². The fraction of sp³-hybridized carbons (Fsp3) is 0.833. The molecule has 0 radical (unpaired) electrons. The number of aromatic nitrogens is 2. The van der Waals surface area contributed by atoms with Gasteiger partial charge in [-0.05, 0) is 25.7 Å². The Morgan fingerprint density at radius 3 is 2.27 bits per heavy atom. The summed E-state index contributed by atoms with van der Waals surface area (Å²) in [5.74, 6) is 1.32. The second-order valence-electron chi connectivity index (χ2n) is 6.87. The van der Waals surface area contributed by atoms with Crippen molar-refractivity contribution in [1.82, 2.24) is 9.55 Å². The highest BCUT2D eigenvalue weighted by Crippen LogP contribution is 2.35. The summed E-state index contributed by atoms with van der Waals surface area (Å²) in [4.78, 5) is 4.22. The first-order chi connectivity index (χ1) is 10.9. The van der Waals surface area contributed by atoms with Crippen molar-refractivity contribution in [3.63, 3.8) is 0 Å². The third-order valence-corrected chi connectivity index (χ3v) is 8.29. The Hall–Kier alpha value is -0.0900. The van der Waals surface area contributed by atoms with Gasteiger partial charge in [0.1, 0.15) is 0 Å². The van der Waals surface area contributed by atoms with E-state index in [9.17, 15) is 0 Å². The molecule has 0 N–H and O–H groups in total. The smallest absolute Gasteiger partial charge is 0.0946 e. The Morgan fingerprint density at radius 1 is 0.955 bits per heavy atom. The molecule has 3 rings (SSSR count). The Labute approximate surface area is 144 Å². The topological polar surface area (TPSA) is 17.8 Å². The van der Waals surface area contributed by atoms with E-state index in [2.05, 4.69) is 39.3 Å². The van der Waals surface area contributed by atoms with Crippen LogP contribution >= 0.6 is 23.5 Å². The van der Waals surface area contributed by atoms with Crippen LogP contribution in [0.15, 0.2) is 18.7 Å². The van der Waals surface area contributed by atoms with Gasteiger partial charge in [0.05, 0.1) is 6.33 Å². The number of hydrogen-bond donors (Lipinski definition) is 0. The summed E-state index contributed by atoms with van der Waals surface area (Å²) < 4.78 is 2.28. The first-order valence-corrected chi connectivity index (χ1v) is 11.1. The minimum absolute atomic E-state index is 0.754. The highest BCUT2D eigenvalue weighted by Gasteiger charge is 2.22. The van der Waals surface area contributed by atoms with E-state index in [1.807, 2.05) is 12.5 Å². The zero-order valence-corrected chi connectivity index (χ0v) is 15.3. The van der Waals surface area contributed by atoms with Gasteiger partial charge in [-0.25, -0.2) is 4.98 Å². The van der Waals surface area contributed by atoms with Crippen LogP contribution in [0.3, 0.4) is 0 Å². The van der Waals surface area contributed by atoms with Gasteiger partial charge < -0.3 is 4.57 Å². The Balaban J connectivity index is 1.50. The largest absolute Gasteiger partial charge is 0.336 e. The van der Waals surface area contributed by atoms with Crippen molar-refractivity contribution < 1.29 is 0 Å². The molecule has 22 heavy (non-hydrogen) atoms. The summed E-state index contributed by atoms with van der Waals surface area (Å²) in [5, 5.41) is 2.60. The van der Waals surface area contributed by atoms with Gasteiger partial charge in [0.25, 0.3) is 0 Å². The van der Waals surface area contributed by atoms with Gasteiger partial charge in [-0.2, -0.15) is 23.5 Å². The summed E-state index contributed by atoms with van der Waals surface area (Å²) in [7, 11) is 0. The van der Waals surface area contributed by atoms with Crippen molar-refractivity contribution in [3.05, 3.63) is 18.7 Å². The fourth-order valence-corrected chi connectivity index (χ4v) is 6.93. The second-order valence-corrected chi connectivity index (χ2v) is 9.81. The fourth-order valence-electron chi connectivity index (χ4n) is 3.71. The number of imidazole rings is 1. The van der Waals surface area contributed by atoms with Gasteiger partial charge in [-0.3, -0.25) is 0 Å². The van der Waals surface area contributed by atoms with Gasteiger partial charge in [-0.1, -0.05) is 38.5 Å². The molecule has 2 aliphatic rings. The van der Waals surface area contributed by atoms with Crippen molar-refractivity contribution in [2.75, 3.05) is 5.75 Å². The number of nitrogens with zero attached hydrogens (tertiary/aromatic N) is 2. The average Bonchev–Trinajstić information content (AvgIpc) is 3.08. The first kappa shape index (κ1) is 16.8. The van der Waals surface area contributed by atoms with Crippen molar-refractivity contribution in [1.29, 1.82) is 0 Å². The molecule has 0 amide bonds. The maximum Gasteiger partial charge on any atom is 0.0946 e. The predicted octanol–water partition coefficient (Wildman–Crippen LogP) is 5.38. The molecule has 0 saturated heterocycles. The average molecular weight is 339 g/mol. The maximum atomic E-state index is 4.22. The molecule has 1 unspecified atom stereocenters. The lowest BCUT2D eigenvalue weighted by molar-refractivity contribution is 0.512. The van der Waals surface area contributed by atoms with Crippen molar-refractivity contribution >= 4 is 23.5 Å². The highest BCUT2D eigenvalue weighted by atomic mass is 32.2. The lowest BCUT2D eigenvalue weighted by atomic mass is 10.0. The molecule has 1 atom stereocenters. The molecule has 0 spiro atoms. The van der Waals surface area contributed by atoms with Crippen LogP contribution in [0.2, 0.25) is 0 Å². The molecular formula is C18H30N2S2. The van der Waals surface area contributed by atoms with Gasteiger partial charge in [0.15, 0.2) is 0 Å². The third kappa shape index (κ3) is 5.52. The molecule has 1 aromatic heterocycles. The zero-order valence-electron chi connectivity index (χ0n) is 13.7. The summed E-state index contributed by atoms with van der Waals surface area (Å²) in [5.41, 5.74) is 0. The lowest BCUT2D eigenvalue weighted by Gasteiger charge is -2.28. The van der Waals surface area contributed by atoms with Crippen LogP contribution in [0.4, 0.5) is 0 Å². The molecule has 0 aromatic carbocycles. The standard InChI is InChI=1S/C18H30N2S2/c1-3-7-16(8-4-1)21-14-18(13-20-12-11-19-15-20)22-17-9-5-2-6-10-17/h11-12,15-18H,1-10,13-14H2. The van der Waals surface area contributed by atoms with E-state index in [0.717, 1.165) is 22.3 Å². The predicted molar refractivity (Wildman–Crippen MR) is 99.8 cm³/mol. The van der Waals surface area contributed by atoms with Gasteiger partial charge in [0.2, 0.25) is 0 Å². The number of thioether (sulfide) groups is 2. The zero-order chi connectivity index (χ0) is 15.0. The number of rotatable bonds is 7. The van der Waals surface area contributed by atoms with E-state index < -0.39 is 0 Å². The number of hydrogen-bond acceptors (Lipinski definition) is 3. The third-order valence-electron chi connectivity index (χ3n) is 4.98. The molecule has 0 aliphatic heterocycles. The van der Waals surface area contributed by atoms with E-state index in [-0.39, 0.29) is 0 Å². The normalized spacial score (nSPS) is 22.7. The molecule has 1 aromatic rings. The van der Waals surface area contributed by atoms with Gasteiger partial charge >= 0.3 is 0 Å². The molecule has 1 heterocycles. The van der Waals surface area contributed by atoms with Crippen LogP contribution in [0.1, 0.15) is 64.2 Å². The summed E-state index contributed by atoms with van der Waals surface area (Å²) >= 11 is 4.54. The molecule has 2 saturated carbocycles. The van der Waals surface area contributed by atoms with E-state index in [1.54, 1.807) is 0 Å². The van der Waals surface area contributed by atoms with E-state index >= 15 is 0 Å². The minimum atomic E-state index is 0.754. The quantitative estimate of drug-likeness (QED) is 0.664. The molecule has 0 bridgehead atoms. The van der Waals surface area contributed by atoms with Gasteiger partial charge in [-0.15, -0.1) is 0 Å². The highest BCUT2D eigenvalue weighted by molar-refractivity contribution is 8.03. The monoisotopic (exact) mass is 338 g/mol. The Morgan fingerprint density at radius 2 is 1.64 bits per heavy atom. The molecule has 2 nitrogen and oxygen atoms in total.